The minimum Gasteiger partial charge on any atom is -0.416 e. The van der Waals surface area contributed by atoms with Gasteiger partial charge in [-0.2, -0.15) is 0 Å². The molecule has 0 fully saturated rings. The Morgan fingerprint density at radius 1 is 1.29 bits per heavy atom. The monoisotopic (exact) mass is 262 g/mol. The Morgan fingerprint density at radius 2 is 1.94 bits per heavy atom. The van der Waals surface area contributed by atoms with E-state index < -0.39 is 8.80 Å². The molecular weight excluding hydrogens is 245 g/mol. The van der Waals surface area contributed by atoms with Crippen LogP contribution in [-0.2, 0) is 0 Å². The molecule has 0 aromatic heterocycles. The summed E-state index contributed by atoms with van der Waals surface area (Å²) in [4.78, 5) is 2.35. The van der Waals surface area contributed by atoms with Crippen molar-refractivity contribution in [1.29, 1.82) is 0 Å². The molecule has 1 aromatic carbocycles. The first kappa shape index (κ1) is 12.8. The third kappa shape index (κ3) is 2.18. The third-order valence-electron chi connectivity index (χ3n) is 3.48. The maximum absolute atomic E-state index is 6.90. The molecule has 0 bridgehead atoms. The summed E-state index contributed by atoms with van der Waals surface area (Å²) in [6.07, 6.45) is 4.37. The van der Waals surface area contributed by atoms with Crippen molar-refractivity contribution in [3.63, 3.8) is 0 Å². The van der Waals surface area contributed by atoms with Crippen LogP contribution in [-0.4, -0.2) is 31.4 Å². The lowest BCUT2D eigenvalue weighted by Crippen LogP contribution is -2.60. The van der Waals surface area contributed by atoms with Crippen molar-refractivity contribution in [3.8, 4) is 0 Å². The zero-order valence-corrected chi connectivity index (χ0v) is 12.4. The Bertz CT molecular complexity index is 409. The lowest BCUT2D eigenvalue weighted by atomic mass is 9.52. The maximum atomic E-state index is 6.90. The second-order valence-corrected chi connectivity index (χ2v) is 8.50. The molecule has 1 unspecified atom stereocenters. The van der Waals surface area contributed by atoms with Crippen molar-refractivity contribution in [2.75, 3.05) is 6.54 Å². The van der Waals surface area contributed by atoms with Crippen LogP contribution in [0, 0.1) is 0 Å². The second-order valence-electron chi connectivity index (χ2n) is 4.73. The van der Waals surface area contributed by atoms with Gasteiger partial charge in [0.15, 0.2) is 0 Å². The summed E-state index contributed by atoms with van der Waals surface area (Å²) in [6.45, 7) is 8.05. The predicted octanol–water partition coefficient (Wildman–Crippen LogP) is 2.54. The molecule has 1 aromatic rings. The SMILES string of the molecule is CCN1C=CC(Cl)([Si](C)C)B1c1ccccc1. The molecule has 0 aliphatic carbocycles. The minimum absolute atomic E-state index is 0.192. The normalized spacial score (nSPS) is 23.8. The molecule has 0 spiro atoms. The van der Waals surface area contributed by atoms with E-state index >= 15 is 0 Å². The van der Waals surface area contributed by atoms with Crippen LogP contribution in [0.1, 0.15) is 6.92 Å². The Hall–Kier alpha value is -0.668. The highest BCUT2D eigenvalue weighted by molar-refractivity contribution is 6.97. The van der Waals surface area contributed by atoms with Crippen molar-refractivity contribution in [2.45, 2.75) is 24.4 Å². The zero-order valence-electron chi connectivity index (χ0n) is 10.7. The summed E-state index contributed by atoms with van der Waals surface area (Å²) in [7, 11) is -0.612. The molecule has 4 heteroatoms. The fourth-order valence-electron chi connectivity index (χ4n) is 2.42. The highest BCUT2D eigenvalue weighted by Crippen LogP contribution is 2.31. The molecule has 0 N–H and O–H groups in total. The third-order valence-corrected chi connectivity index (χ3v) is 6.92. The second kappa shape index (κ2) is 4.91. The van der Waals surface area contributed by atoms with Gasteiger partial charge in [-0.1, -0.05) is 55.0 Å². The van der Waals surface area contributed by atoms with Gasteiger partial charge in [0, 0.05) is 6.54 Å². The first-order chi connectivity index (χ1) is 8.09. The summed E-state index contributed by atoms with van der Waals surface area (Å²) in [6, 6.07) is 10.6. The highest BCUT2D eigenvalue weighted by Gasteiger charge is 2.49. The molecule has 1 atom stereocenters. The number of hydrogen-bond donors (Lipinski definition) is 0. The van der Waals surface area contributed by atoms with Gasteiger partial charge < -0.3 is 4.81 Å². The van der Waals surface area contributed by atoms with Gasteiger partial charge in [0.2, 0.25) is 0 Å². The molecule has 1 nitrogen and oxygen atoms in total. The number of nitrogens with zero attached hydrogens (tertiary/aromatic N) is 1. The van der Waals surface area contributed by atoms with Crippen LogP contribution < -0.4 is 5.46 Å². The van der Waals surface area contributed by atoms with Crippen LogP contribution in [0.5, 0.6) is 0 Å². The van der Waals surface area contributed by atoms with Gasteiger partial charge in [-0.05, 0) is 13.1 Å². The van der Waals surface area contributed by atoms with Crippen molar-refractivity contribution in [2.24, 2.45) is 0 Å². The van der Waals surface area contributed by atoms with E-state index in [4.69, 9.17) is 11.6 Å². The minimum atomic E-state index is -0.612. The van der Waals surface area contributed by atoms with Gasteiger partial charge in [-0.15, -0.1) is 11.6 Å². The van der Waals surface area contributed by atoms with Crippen molar-refractivity contribution < 1.29 is 0 Å². The molecule has 1 heterocycles. The Kier molecular flexibility index (Phi) is 3.69. The van der Waals surface area contributed by atoms with Crippen molar-refractivity contribution >= 4 is 32.7 Å². The van der Waals surface area contributed by atoms with E-state index in [1.807, 2.05) is 0 Å². The van der Waals surface area contributed by atoms with Gasteiger partial charge in [-0.25, -0.2) is 0 Å². The number of allylic oxidation sites excluding steroid dienone is 1. The first-order valence-electron chi connectivity index (χ1n) is 6.09. The Labute approximate surface area is 111 Å². The fraction of sp³-hybridized carbons (Fsp3) is 0.385. The molecule has 0 saturated heterocycles. The van der Waals surface area contributed by atoms with Crippen molar-refractivity contribution in [3.05, 3.63) is 42.6 Å². The van der Waals surface area contributed by atoms with Crippen LogP contribution in [0.2, 0.25) is 13.1 Å². The van der Waals surface area contributed by atoms with Gasteiger partial charge in [0.25, 0.3) is 0 Å². The van der Waals surface area contributed by atoms with E-state index in [-0.39, 0.29) is 4.40 Å². The fourth-order valence-corrected chi connectivity index (χ4v) is 4.02. The first-order valence-corrected chi connectivity index (χ1v) is 8.97. The average Bonchev–Trinajstić information content (AvgIpc) is 2.69. The van der Waals surface area contributed by atoms with Gasteiger partial charge in [0.05, 0.1) is 13.2 Å². The van der Waals surface area contributed by atoms with E-state index in [0.29, 0.717) is 6.85 Å². The smallest absolute Gasteiger partial charge is 0.311 e. The van der Waals surface area contributed by atoms with E-state index in [2.05, 4.69) is 67.4 Å². The van der Waals surface area contributed by atoms with E-state index in [1.54, 1.807) is 0 Å². The summed E-state index contributed by atoms with van der Waals surface area (Å²) >= 11 is 6.90. The summed E-state index contributed by atoms with van der Waals surface area (Å²) in [5.74, 6) is 0. The lowest BCUT2D eigenvalue weighted by molar-refractivity contribution is 0.624. The number of rotatable bonds is 3. The van der Waals surface area contributed by atoms with Crippen LogP contribution in [0.15, 0.2) is 42.6 Å². The zero-order chi connectivity index (χ0) is 12.5. The topological polar surface area (TPSA) is 3.24 Å². The Morgan fingerprint density at radius 3 is 2.47 bits per heavy atom. The molecular formula is C13H18BClNSi. The van der Waals surface area contributed by atoms with Crippen LogP contribution in [0.25, 0.3) is 0 Å². The molecule has 1 aliphatic rings. The molecule has 0 amide bonds. The van der Waals surface area contributed by atoms with E-state index in [0.717, 1.165) is 6.54 Å². The number of benzene rings is 1. The largest absolute Gasteiger partial charge is 0.416 e. The quantitative estimate of drug-likeness (QED) is 0.598. The van der Waals surface area contributed by atoms with Gasteiger partial charge >= 0.3 is 6.85 Å². The number of hydrogen-bond acceptors (Lipinski definition) is 1. The molecule has 2 rings (SSSR count). The Balaban J connectivity index is 2.40. The van der Waals surface area contributed by atoms with E-state index in [1.165, 1.54) is 5.46 Å². The average molecular weight is 263 g/mol. The molecule has 89 valence electrons. The van der Waals surface area contributed by atoms with E-state index in [9.17, 15) is 0 Å². The lowest BCUT2D eigenvalue weighted by Gasteiger charge is -2.33. The molecule has 1 radical (unpaired) electrons. The summed E-state index contributed by atoms with van der Waals surface area (Å²) in [5, 5.41) is 0. The number of halogens is 1. The molecule has 17 heavy (non-hydrogen) atoms. The molecule has 1 aliphatic heterocycles. The van der Waals surface area contributed by atoms with Gasteiger partial charge in [-0.3, -0.25) is 0 Å². The van der Waals surface area contributed by atoms with Gasteiger partial charge in [0.1, 0.15) is 0 Å². The molecule has 0 saturated carbocycles. The number of alkyl halides is 1. The summed E-state index contributed by atoms with van der Waals surface area (Å²) < 4.78 is -0.192. The maximum Gasteiger partial charge on any atom is 0.311 e. The highest BCUT2D eigenvalue weighted by atomic mass is 35.5. The predicted molar refractivity (Wildman–Crippen MR) is 79.4 cm³/mol. The van der Waals surface area contributed by atoms with Crippen LogP contribution in [0.3, 0.4) is 0 Å². The van der Waals surface area contributed by atoms with Crippen LogP contribution >= 0.6 is 11.6 Å². The summed E-state index contributed by atoms with van der Waals surface area (Å²) in [5.41, 5.74) is 1.32. The standard InChI is InChI=1S/C13H18BClNSi/c1-4-16-11-10-13(15,17(2)3)14(16)12-8-6-5-7-9-12/h5-11H,4H2,1-3H3. The van der Waals surface area contributed by atoms with Crippen LogP contribution in [0.4, 0.5) is 0 Å². The van der Waals surface area contributed by atoms with Crippen molar-refractivity contribution in [1.82, 2.24) is 4.81 Å².